The minimum absolute atomic E-state index is 0. The minimum atomic E-state index is -0.0348. The Labute approximate surface area is 177 Å². The van der Waals surface area contributed by atoms with Crippen LogP contribution in [0.25, 0.3) is 0 Å². The summed E-state index contributed by atoms with van der Waals surface area (Å²) in [6, 6.07) is 13.3. The van der Waals surface area contributed by atoms with Gasteiger partial charge in [0.05, 0.1) is 6.54 Å². The van der Waals surface area contributed by atoms with Gasteiger partial charge in [-0.15, -0.1) is 24.0 Å². The average Bonchev–Trinajstić information content (AvgIpc) is 2.62. The van der Waals surface area contributed by atoms with Crippen LogP contribution in [0.1, 0.15) is 19.5 Å². The van der Waals surface area contributed by atoms with Gasteiger partial charge >= 0.3 is 0 Å². The molecule has 2 aromatic rings. The molecule has 1 atom stereocenters. The van der Waals surface area contributed by atoms with Gasteiger partial charge in [-0.1, -0.05) is 17.7 Å². The van der Waals surface area contributed by atoms with Crippen LogP contribution >= 0.6 is 35.6 Å². The normalized spacial score (nSPS) is 12.0. The van der Waals surface area contributed by atoms with E-state index in [-0.39, 0.29) is 30.1 Å². The van der Waals surface area contributed by atoms with Crippen molar-refractivity contribution in [2.24, 2.45) is 4.99 Å². The molecule has 0 aliphatic carbocycles. The van der Waals surface area contributed by atoms with Crippen molar-refractivity contribution in [3.05, 3.63) is 59.4 Å². The Morgan fingerprint density at radius 1 is 1.19 bits per heavy atom. The number of hydrogen-bond acceptors (Lipinski definition) is 3. The van der Waals surface area contributed by atoms with Gasteiger partial charge in [0.1, 0.15) is 11.9 Å². The lowest BCUT2D eigenvalue weighted by molar-refractivity contribution is 0.230. The zero-order valence-electron chi connectivity index (χ0n) is 15.1. The molecule has 1 aromatic carbocycles. The van der Waals surface area contributed by atoms with E-state index in [1.54, 1.807) is 0 Å². The van der Waals surface area contributed by atoms with Gasteiger partial charge in [0.15, 0.2) is 5.96 Å². The zero-order chi connectivity index (χ0) is 17.9. The van der Waals surface area contributed by atoms with E-state index in [9.17, 15) is 0 Å². The van der Waals surface area contributed by atoms with Crippen LogP contribution in [0.4, 0.5) is 0 Å². The van der Waals surface area contributed by atoms with Crippen LogP contribution in [-0.2, 0) is 6.42 Å². The summed E-state index contributed by atoms with van der Waals surface area (Å²) in [4.78, 5) is 8.90. The predicted octanol–water partition coefficient (Wildman–Crippen LogP) is 3.92. The highest BCUT2D eigenvalue weighted by Gasteiger charge is 2.05. The average molecular weight is 489 g/mol. The standard InChI is InChI=1S/C19H25ClN4O.HI/c1-3-21-19(23-13-11-17-6-4-5-12-22-17)24-14-15(2)25-18-9-7-16(20)8-10-18;/h4-10,12,15H,3,11,13-14H2,1-2H3,(H2,21,23,24);1H. The van der Waals surface area contributed by atoms with Crippen LogP contribution in [0.3, 0.4) is 0 Å². The lowest BCUT2D eigenvalue weighted by atomic mass is 10.3. The highest BCUT2D eigenvalue weighted by Crippen LogP contribution is 2.16. The van der Waals surface area contributed by atoms with Gasteiger partial charge in [-0.2, -0.15) is 0 Å². The lowest BCUT2D eigenvalue weighted by Crippen LogP contribution is -2.39. The van der Waals surface area contributed by atoms with Crippen molar-refractivity contribution in [1.82, 2.24) is 15.6 Å². The fourth-order valence-corrected chi connectivity index (χ4v) is 2.33. The number of guanidine groups is 1. The summed E-state index contributed by atoms with van der Waals surface area (Å²) in [5, 5.41) is 7.26. The Bertz CT molecular complexity index is 652. The number of pyridine rings is 1. The van der Waals surface area contributed by atoms with Crippen molar-refractivity contribution in [3.8, 4) is 5.75 Å². The SMILES string of the molecule is CCNC(=NCC(C)Oc1ccc(Cl)cc1)NCCc1ccccn1.I. The van der Waals surface area contributed by atoms with Crippen LogP contribution in [0.15, 0.2) is 53.7 Å². The van der Waals surface area contributed by atoms with Gasteiger partial charge in [-0.05, 0) is 50.2 Å². The van der Waals surface area contributed by atoms with Crippen molar-refractivity contribution in [2.75, 3.05) is 19.6 Å². The number of rotatable bonds is 8. The number of ether oxygens (including phenoxy) is 1. The minimum Gasteiger partial charge on any atom is -0.489 e. The van der Waals surface area contributed by atoms with Crippen molar-refractivity contribution < 1.29 is 4.74 Å². The Balaban J connectivity index is 0.00000338. The van der Waals surface area contributed by atoms with Gasteiger partial charge in [-0.25, -0.2) is 4.99 Å². The number of aromatic nitrogens is 1. The largest absolute Gasteiger partial charge is 0.489 e. The first-order valence-corrected chi connectivity index (χ1v) is 8.89. The van der Waals surface area contributed by atoms with Crippen molar-refractivity contribution in [2.45, 2.75) is 26.4 Å². The maximum atomic E-state index is 5.88. The van der Waals surface area contributed by atoms with Crippen LogP contribution < -0.4 is 15.4 Å². The van der Waals surface area contributed by atoms with Crippen molar-refractivity contribution >= 4 is 41.5 Å². The molecular formula is C19H26ClIN4O. The van der Waals surface area contributed by atoms with Crippen molar-refractivity contribution in [3.63, 3.8) is 0 Å². The monoisotopic (exact) mass is 488 g/mol. The van der Waals surface area contributed by atoms with Crippen LogP contribution in [0.5, 0.6) is 5.75 Å². The van der Waals surface area contributed by atoms with Gasteiger partial charge in [-0.3, -0.25) is 4.98 Å². The third-order valence-corrected chi connectivity index (χ3v) is 3.65. The second-order valence-electron chi connectivity index (χ2n) is 5.60. The molecule has 0 bridgehead atoms. The van der Waals surface area contributed by atoms with E-state index in [0.717, 1.165) is 36.9 Å². The molecule has 1 heterocycles. The molecule has 1 unspecified atom stereocenters. The molecule has 142 valence electrons. The highest BCUT2D eigenvalue weighted by atomic mass is 127. The first kappa shape index (κ1) is 22.5. The molecule has 0 saturated carbocycles. The second-order valence-corrected chi connectivity index (χ2v) is 6.04. The van der Waals surface area contributed by atoms with E-state index >= 15 is 0 Å². The highest BCUT2D eigenvalue weighted by molar-refractivity contribution is 14.0. The molecule has 2 rings (SSSR count). The molecule has 0 aliphatic rings. The first-order chi connectivity index (χ1) is 12.2. The third-order valence-electron chi connectivity index (χ3n) is 3.40. The maximum Gasteiger partial charge on any atom is 0.191 e. The summed E-state index contributed by atoms with van der Waals surface area (Å²) >= 11 is 5.88. The van der Waals surface area contributed by atoms with Crippen LogP contribution in [0.2, 0.25) is 5.02 Å². The number of aliphatic imine (C=N–C) groups is 1. The van der Waals surface area contributed by atoms with Crippen LogP contribution in [0, 0.1) is 0 Å². The molecule has 1 aromatic heterocycles. The van der Waals surface area contributed by atoms with Gasteiger partial charge in [0.2, 0.25) is 0 Å². The summed E-state index contributed by atoms with van der Waals surface area (Å²) in [7, 11) is 0. The van der Waals surface area contributed by atoms with E-state index in [2.05, 4.69) is 20.6 Å². The van der Waals surface area contributed by atoms with E-state index in [1.165, 1.54) is 0 Å². The third kappa shape index (κ3) is 8.71. The summed E-state index contributed by atoms with van der Waals surface area (Å²) < 4.78 is 5.84. The number of nitrogens with one attached hydrogen (secondary N) is 2. The Morgan fingerprint density at radius 3 is 2.62 bits per heavy atom. The van der Waals surface area contributed by atoms with E-state index in [4.69, 9.17) is 16.3 Å². The summed E-state index contributed by atoms with van der Waals surface area (Å²) in [6.07, 6.45) is 2.62. The Morgan fingerprint density at radius 2 is 1.96 bits per heavy atom. The number of halogens is 2. The molecule has 7 heteroatoms. The molecule has 2 N–H and O–H groups in total. The second kappa shape index (κ2) is 12.8. The summed E-state index contributed by atoms with van der Waals surface area (Å²) in [5.41, 5.74) is 1.06. The molecule has 0 saturated heterocycles. The van der Waals surface area contributed by atoms with Gasteiger partial charge < -0.3 is 15.4 Å². The lowest BCUT2D eigenvalue weighted by Gasteiger charge is -2.15. The number of hydrogen-bond donors (Lipinski definition) is 2. The fourth-order valence-electron chi connectivity index (χ4n) is 2.20. The van der Waals surface area contributed by atoms with E-state index in [1.807, 2.05) is 62.5 Å². The number of nitrogens with zero attached hydrogens (tertiary/aromatic N) is 2. The molecule has 0 amide bonds. The quantitative estimate of drug-likeness (QED) is 0.336. The first-order valence-electron chi connectivity index (χ1n) is 8.51. The Kier molecular flexibility index (Phi) is 11.0. The summed E-state index contributed by atoms with van der Waals surface area (Å²) in [6.45, 7) is 6.18. The van der Waals surface area contributed by atoms with Crippen LogP contribution in [-0.4, -0.2) is 36.7 Å². The van der Waals surface area contributed by atoms with Gasteiger partial charge in [0.25, 0.3) is 0 Å². The molecule has 26 heavy (non-hydrogen) atoms. The van der Waals surface area contributed by atoms with Crippen molar-refractivity contribution in [1.29, 1.82) is 0 Å². The fraction of sp³-hybridized carbons (Fsp3) is 0.368. The summed E-state index contributed by atoms with van der Waals surface area (Å²) in [5.74, 6) is 1.57. The van der Waals surface area contributed by atoms with E-state index in [0.29, 0.717) is 11.6 Å². The molecule has 0 spiro atoms. The number of benzene rings is 1. The molecule has 0 fully saturated rings. The smallest absolute Gasteiger partial charge is 0.191 e. The Hall–Kier alpha value is -1.54. The van der Waals surface area contributed by atoms with Gasteiger partial charge in [0, 0.05) is 36.4 Å². The zero-order valence-corrected chi connectivity index (χ0v) is 18.2. The topological polar surface area (TPSA) is 58.5 Å². The van der Waals surface area contributed by atoms with E-state index < -0.39 is 0 Å². The molecule has 0 aliphatic heterocycles. The molecular weight excluding hydrogens is 463 g/mol. The molecule has 0 radical (unpaired) electrons. The molecule has 5 nitrogen and oxygen atoms in total. The predicted molar refractivity (Wildman–Crippen MR) is 119 cm³/mol. The maximum absolute atomic E-state index is 5.88.